The molecule has 2 fully saturated rings. The van der Waals surface area contributed by atoms with Crippen molar-refractivity contribution < 1.29 is 14.6 Å². The Morgan fingerprint density at radius 2 is 2.19 bits per heavy atom. The molecule has 2 rings (SSSR count). The maximum Gasteiger partial charge on any atom is 0.293 e. The number of carbonyl (C=O) groups excluding carboxylic acids is 1. The highest BCUT2D eigenvalue weighted by Crippen LogP contribution is 2.56. The van der Waals surface area contributed by atoms with Gasteiger partial charge in [0, 0.05) is 5.92 Å². The van der Waals surface area contributed by atoms with E-state index in [1.807, 2.05) is 6.92 Å². The summed E-state index contributed by atoms with van der Waals surface area (Å²) >= 11 is 0. The molecule has 0 amide bonds. The summed E-state index contributed by atoms with van der Waals surface area (Å²) in [6.07, 6.45) is 5.19. The van der Waals surface area contributed by atoms with Crippen LogP contribution in [0.1, 0.15) is 46.0 Å². The molecule has 0 saturated heterocycles. The van der Waals surface area contributed by atoms with Crippen molar-refractivity contribution in [2.75, 3.05) is 0 Å². The predicted octanol–water partition coefficient (Wildman–Crippen LogP) is 2.13. The van der Waals surface area contributed by atoms with Crippen LogP contribution in [-0.2, 0) is 9.53 Å². The van der Waals surface area contributed by atoms with Gasteiger partial charge in [-0.2, -0.15) is 0 Å². The highest BCUT2D eigenvalue weighted by Gasteiger charge is 2.52. The summed E-state index contributed by atoms with van der Waals surface area (Å²) in [7, 11) is 0. The lowest BCUT2D eigenvalue weighted by molar-refractivity contribution is -0.138. The minimum absolute atomic E-state index is 0.0159. The van der Waals surface area contributed by atoms with E-state index in [2.05, 4.69) is 6.92 Å². The van der Waals surface area contributed by atoms with Crippen molar-refractivity contribution in [2.24, 2.45) is 17.3 Å². The van der Waals surface area contributed by atoms with E-state index in [1.54, 1.807) is 0 Å². The van der Waals surface area contributed by atoms with Crippen LogP contribution in [0.25, 0.3) is 0 Å². The molecule has 2 saturated carbocycles. The fourth-order valence-corrected chi connectivity index (χ4v) is 4.14. The Kier molecular flexibility index (Phi) is 3.24. The average molecular weight is 226 g/mol. The maximum absolute atomic E-state index is 10.4. The van der Waals surface area contributed by atoms with Crippen LogP contribution in [-0.4, -0.2) is 23.8 Å². The van der Waals surface area contributed by atoms with Gasteiger partial charge in [-0.25, -0.2) is 0 Å². The Hall–Kier alpha value is -0.570. The summed E-state index contributed by atoms with van der Waals surface area (Å²) in [6, 6.07) is 0. The molecule has 0 aromatic rings. The lowest BCUT2D eigenvalue weighted by Crippen LogP contribution is -2.43. The van der Waals surface area contributed by atoms with Crippen LogP contribution in [0.5, 0.6) is 0 Å². The first-order valence-electron chi connectivity index (χ1n) is 6.36. The van der Waals surface area contributed by atoms with Crippen LogP contribution in [0.3, 0.4) is 0 Å². The first-order chi connectivity index (χ1) is 7.59. The molecule has 0 aromatic carbocycles. The lowest BCUT2D eigenvalue weighted by Gasteiger charge is -2.44. The van der Waals surface area contributed by atoms with E-state index in [1.165, 1.54) is 0 Å². The minimum Gasteiger partial charge on any atom is -0.465 e. The van der Waals surface area contributed by atoms with E-state index in [-0.39, 0.29) is 17.6 Å². The fourth-order valence-electron chi connectivity index (χ4n) is 4.14. The molecule has 0 aromatic heterocycles. The molecule has 0 radical (unpaired) electrons. The second kappa shape index (κ2) is 4.36. The van der Waals surface area contributed by atoms with Gasteiger partial charge in [-0.05, 0) is 43.9 Å². The predicted molar refractivity (Wildman–Crippen MR) is 60.8 cm³/mol. The second-order valence-electron chi connectivity index (χ2n) is 5.69. The van der Waals surface area contributed by atoms with Gasteiger partial charge in [0.15, 0.2) is 0 Å². The molecule has 0 spiro atoms. The van der Waals surface area contributed by atoms with Gasteiger partial charge in [0.2, 0.25) is 0 Å². The maximum atomic E-state index is 10.4. The Morgan fingerprint density at radius 3 is 2.88 bits per heavy atom. The normalized spacial score (nSPS) is 44.8. The van der Waals surface area contributed by atoms with Gasteiger partial charge in [-0.3, -0.25) is 4.79 Å². The van der Waals surface area contributed by atoms with Crippen LogP contribution >= 0.6 is 0 Å². The number of aliphatic hydroxyl groups excluding tert-OH is 1. The van der Waals surface area contributed by atoms with Gasteiger partial charge in [0.05, 0.1) is 6.10 Å². The Labute approximate surface area is 97.2 Å². The van der Waals surface area contributed by atoms with Crippen LogP contribution in [0.2, 0.25) is 0 Å². The van der Waals surface area contributed by atoms with Gasteiger partial charge in [-0.1, -0.05) is 13.3 Å². The highest BCUT2D eigenvalue weighted by molar-refractivity contribution is 5.37. The minimum atomic E-state index is -0.146. The van der Waals surface area contributed by atoms with Crippen LogP contribution in [0, 0.1) is 17.3 Å². The Morgan fingerprint density at radius 1 is 1.44 bits per heavy atom. The summed E-state index contributed by atoms with van der Waals surface area (Å²) in [5, 5.41) is 10.1. The number of hydrogen-bond donors (Lipinski definition) is 1. The molecule has 0 aliphatic heterocycles. The second-order valence-corrected chi connectivity index (χ2v) is 5.69. The van der Waals surface area contributed by atoms with Crippen LogP contribution in [0.4, 0.5) is 0 Å². The topological polar surface area (TPSA) is 46.5 Å². The fraction of sp³-hybridized carbons (Fsp3) is 0.923. The first kappa shape index (κ1) is 11.9. The van der Waals surface area contributed by atoms with Crippen molar-refractivity contribution in [1.29, 1.82) is 0 Å². The molecule has 0 heterocycles. The number of hydrogen-bond acceptors (Lipinski definition) is 3. The zero-order valence-corrected chi connectivity index (χ0v) is 10.2. The summed E-state index contributed by atoms with van der Waals surface area (Å²) in [4.78, 5) is 10.4. The van der Waals surface area contributed by atoms with Crippen LogP contribution in [0.15, 0.2) is 0 Å². The third-order valence-electron chi connectivity index (χ3n) is 5.00. The van der Waals surface area contributed by atoms with Crippen molar-refractivity contribution in [3.8, 4) is 0 Å². The first-order valence-corrected chi connectivity index (χ1v) is 6.36. The molecule has 92 valence electrons. The monoisotopic (exact) mass is 226 g/mol. The molecule has 16 heavy (non-hydrogen) atoms. The van der Waals surface area contributed by atoms with Gasteiger partial charge >= 0.3 is 0 Å². The SMILES string of the molecule is CC(OC=O)[C@H]1CC[C@H]2[C@@H](O)CCC[C@]12C. The molecule has 5 atom stereocenters. The van der Waals surface area contributed by atoms with E-state index in [4.69, 9.17) is 4.74 Å². The quantitative estimate of drug-likeness (QED) is 0.750. The summed E-state index contributed by atoms with van der Waals surface area (Å²) in [5.74, 6) is 0.821. The highest BCUT2D eigenvalue weighted by atomic mass is 16.5. The number of fused-ring (bicyclic) bond motifs is 1. The zero-order valence-electron chi connectivity index (χ0n) is 10.2. The van der Waals surface area contributed by atoms with Gasteiger partial charge in [-0.15, -0.1) is 0 Å². The van der Waals surface area contributed by atoms with Crippen molar-refractivity contribution in [3.63, 3.8) is 0 Å². The zero-order chi connectivity index (χ0) is 11.8. The van der Waals surface area contributed by atoms with E-state index < -0.39 is 0 Å². The van der Waals surface area contributed by atoms with E-state index in [0.29, 0.717) is 18.3 Å². The number of ether oxygens (including phenoxy) is 1. The smallest absolute Gasteiger partial charge is 0.293 e. The standard InChI is InChI=1S/C13H22O3/c1-9(16-8-14)10-5-6-11-12(15)4-3-7-13(10,11)2/h8-12,15H,3-7H2,1-2H3/t9?,10-,11+,12+,13-/m1/s1. The molecular weight excluding hydrogens is 204 g/mol. The molecule has 2 aliphatic carbocycles. The summed E-state index contributed by atoms with van der Waals surface area (Å²) in [6.45, 7) is 4.80. The van der Waals surface area contributed by atoms with E-state index in [0.717, 1.165) is 32.1 Å². The third-order valence-corrected chi connectivity index (χ3v) is 5.00. The Balaban J connectivity index is 2.14. The third kappa shape index (κ3) is 1.75. The van der Waals surface area contributed by atoms with Crippen LogP contribution < -0.4 is 0 Å². The molecular formula is C13H22O3. The van der Waals surface area contributed by atoms with Crippen molar-refractivity contribution in [2.45, 2.75) is 58.2 Å². The van der Waals surface area contributed by atoms with Gasteiger partial charge in [0.25, 0.3) is 6.47 Å². The van der Waals surface area contributed by atoms with Crippen molar-refractivity contribution in [3.05, 3.63) is 0 Å². The van der Waals surface area contributed by atoms with Gasteiger partial charge < -0.3 is 9.84 Å². The summed E-state index contributed by atoms with van der Waals surface area (Å²) < 4.78 is 5.11. The van der Waals surface area contributed by atoms with E-state index in [9.17, 15) is 9.90 Å². The molecule has 1 unspecified atom stereocenters. The number of aliphatic hydroxyl groups is 1. The van der Waals surface area contributed by atoms with Gasteiger partial charge in [0.1, 0.15) is 6.10 Å². The number of rotatable bonds is 3. The molecule has 3 nitrogen and oxygen atoms in total. The van der Waals surface area contributed by atoms with E-state index >= 15 is 0 Å². The molecule has 3 heteroatoms. The number of carbonyl (C=O) groups is 1. The molecule has 2 aliphatic rings. The molecule has 1 N–H and O–H groups in total. The average Bonchev–Trinajstić information content (AvgIpc) is 2.57. The lowest BCUT2D eigenvalue weighted by atomic mass is 9.63. The van der Waals surface area contributed by atoms with Crippen molar-refractivity contribution >= 4 is 6.47 Å². The van der Waals surface area contributed by atoms with Crippen molar-refractivity contribution in [1.82, 2.24) is 0 Å². The largest absolute Gasteiger partial charge is 0.465 e. The Bertz CT molecular complexity index is 266. The molecule has 0 bridgehead atoms. The summed E-state index contributed by atoms with van der Waals surface area (Å²) in [5.41, 5.74) is 0.167.